The van der Waals surface area contributed by atoms with E-state index < -0.39 is 11.7 Å². The van der Waals surface area contributed by atoms with E-state index in [9.17, 15) is 9.18 Å². The van der Waals surface area contributed by atoms with Crippen LogP contribution >= 0.6 is 0 Å². The number of nitrogens with one attached hydrogen (secondary N) is 1. The molecule has 0 radical (unpaired) electrons. The van der Waals surface area contributed by atoms with E-state index in [4.69, 9.17) is 15.2 Å². The van der Waals surface area contributed by atoms with Gasteiger partial charge in [0.05, 0.1) is 38.0 Å². The summed E-state index contributed by atoms with van der Waals surface area (Å²) >= 11 is 0. The van der Waals surface area contributed by atoms with Crippen molar-refractivity contribution in [2.45, 2.75) is 6.10 Å². The van der Waals surface area contributed by atoms with Gasteiger partial charge in [0.25, 0.3) is 5.91 Å². The molecule has 1 amide bonds. The van der Waals surface area contributed by atoms with E-state index >= 15 is 0 Å². The van der Waals surface area contributed by atoms with Crippen LogP contribution in [0.5, 0.6) is 0 Å². The Kier molecular flexibility index (Phi) is 5.69. The Hall–Kier alpha value is -1.94. The normalized spacial score (nSPS) is 17.7. The first kappa shape index (κ1) is 15.4. The molecule has 1 aliphatic heterocycles. The molecule has 21 heavy (non-hydrogen) atoms. The number of carbonyl (C=O) groups excluding carboxylic acids is 1. The molecular weight excluding hydrogens is 275 g/mol. The maximum Gasteiger partial charge on any atom is 0.252 e. The lowest BCUT2D eigenvalue weighted by Crippen LogP contribution is -2.39. The van der Waals surface area contributed by atoms with Crippen molar-refractivity contribution in [3.05, 3.63) is 35.1 Å². The summed E-state index contributed by atoms with van der Waals surface area (Å²) < 4.78 is 24.0. The molecule has 1 atom stereocenters. The zero-order valence-corrected chi connectivity index (χ0v) is 11.5. The van der Waals surface area contributed by atoms with E-state index in [1.165, 1.54) is 12.1 Å². The molecule has 5 nitrogen and oxygen atoms in total. The average molecular weight is 292 g/mol. The van der Waals surface area contributed by atoms with Crippen molar-refractivity contribution < 1.29 is 18.7 Å². The SMILES string of the molecule is NCC#Cc1ccc(F)cc1C(=O)NCC1COCCO1. The summed E-state index contributed by atoms with van der Waals surface area (Å²) in [5.74, 6) is 4.53. The number of carbonyl (C=O) groups is 1. The molecule has 2 rings (SSSR count). The molecule has 1 fully saturated rings. The average Bonchev–Trinajstić information content (AvgIpc) is 2.52. The van der Waals surface area contributed by atoms with Crippen LogP contribution < -0.4 is 11.1 Å². The molecule has 0 spiro atoms. The van der Waals surface area contributed by atoms with Gasteiger partial charge in [0.15, 0.2) is 0 Å². The fourth-order valence-electron chi connectivity index (χ4n) is 1.92. The lowest BCUT2D eigenvalue weighted by molar-refractivity contribution is -0.0855. The van der Waals surface area contributed by atoms with E-state index in [1.54, 1.807) is 0 Å². The van der Waals surface area contributed by atoms with Crippen LogP contribution in [0.1, 0.15) is 15.9 Å². The second-order valence-electron chi connectivity index (χ2n) is 4.47. The van der Waals surface area contributed by atoms with Gasteiger partial charge in [-0.05, 0) is 18.2 Å². The van der Waals surface area contributed by atoms with Gasteiger partial charge in [-0.2, -0.15) is 0 Å². The van der Waals surface area contributed by atoms with Gasteiger partial charge in [-0.3, -0.25) is 4.79 Å². The molecule has 1 unspecified atom stereocenters. The predicted molar refractivity (Wildman–Crippen MR) is 75.2 cm³/mol. The topological polar surface area (TPSA) is 73.6 Å². The fraction of sp³-hybridized carbons (Fsp3) is 0.400. The lowest BCUT2D eigenvalue weighted by Gasteiger charge is -2.23. The van der Waals surface area contributed by atoms with Crippen LogP contribution in [-0.2, 0) is 9.47 Å². The Morgan fingerprint density at radius 2 is 2.33 bits per heavy atom. The van der Waals surface area contributed by atoms with Crippen molar-refractivity contribution in [3.63, 3.8) is 0 Å². The lowest BCUT2D eigenvalue weighted by atomic mass is 10.1. The minimum Gasteiger partial charge on any atom is -0.376 e. The number of halogens is 1. The summed E-state index contributed by atoms with van der Waals surface area (Å²) in [6.07, 6.45) is -0.185. The second-order valence-corrected chi connectivity index (χ2v) is 4.47. The maximum atomic E-state index is 13.3. The van der Waals surface area contributed by atoms with Crippen molar-refractivity contribution in [1.29, 1.82) is 0 Å². The molecule has 0 aliphatic carbocycles. The summed E-state index contributed by atoms with van der Waals surface area (Å²) in [7, 11) is 0. The summed E-state index contributed by atoms with van der Waals surface area (Å²) in [4.78, 5) is 12.2. The van der Waals surface area contributed by atoms with Crippen LogP contribution in [0.2, 0.25) is 0 Å². The zero-order chi connectivity index (χ0) is 15.1. The number of hydrogen-bond acceptors (Lipinski definition) is 4. The zero-order valence-electron chi connectivity index (χ0n) is 11.5. The van der Waals surface area contributed by atoms with Gasteiger partial charge in [-0.25, -0.2) is 4.39 Å². The second kappa shape index (κ2) is 7.74. The highest BCUT2D eigenvalue weighted by Gasteiger charge is 2.17. The Morgan fingerprint density at radius 1 is 1.48 bits per heavy atom. The Balaban J connectivity index is 2.04. The first-order valence-electron chi connectivity index (χ1n) is 6.66. The van der Waals surface area contributed by atoms with Crippen LogP contribution in [0.25, 0.3) is 0 Å². The molecule has 1 saturated heterocycles. The van der Waals surface area contributed by atoms with E-state index in [2.05, 4.69) is 17.2 Å². The third-order valence-corrected chi connectivity index (χ3v) is 2.93. The molecule has 1 aromatic carbocycles. The molecule has 6 heteroatoms. The molecule has 1 aromatic rings. The molecule has 1 heterocycles. The van der Waals surface area contributed by atoms with E-state index in [1.807, 2.05) is 0 Å². The van der Waals surface area contributed by atoms with Gasteiger partial charge < -0.3 is 20.5 Å². The standard InChI is InChI=1S/C15H17FN2O3/c16-12-4-3-11(2-1-5-17)14(8-12)15(19)18-9-13-10-20-6-7-21-13/h3-4,8,13H,5-7,9-10,17H2,(H,18,19). The Morgan fingerprint density at radius 3 is 3.05 bits per heavy atom. The van der Waals surface area contributed by atoms with Crippen LogP contribution in [-0.4, -0.2) is 44.9 Å². The van der Waals surface area contributed by atoms with E-state index in [-0.39, 0.29) is 18.2 Å². The first-order chi connectivity index (χ1) is 10.2. The van der Waals surface area contributed by atoms with Gasteiger partial charge in [0.2, 0.25) is 0 Å². The van der Waals surface area contributed by atoms with Gasteiger partial charge >= 0.3 is 0 Å². The quantitative estimate of drug-likeness (QED) is 0.785. The van der Waals surface area contributed by atoms with Gasteiger partial charge in [0.1, 0.15) is 5.82 Å². The van der Waals surface area contributed by atoms with E-state index in [0.29, 0.717) is 31.9 Å². The molecule has 0 bridgehead atoms. The van der Waals surface area contributed by atoms with Gasteiger partial charge in [-0.15, -0.1) is 0 Å². The van der Waals surface area contributed by atoms with Crippen LogP contribution in [0.15, 0.2) is 18.2 Å². The Labute approximate surface area is 122 Å². The number of benzene rings is 1. The van der Waals surface area contributed by atoms with E-state index in [0.717, 1.165) is 6.07 Å². The highest BCUT2D eigenvalue weighted by molar-refractivity contribution is 5.96. The monoisotopic (exact) mass is 292 g/mol. The predicted octanol–water partition coefficient (Wildman–Crippen LogP) is 0.281. The van der Waals surface area contributed by atoms with Gasteiger partial charge in [-0.1, -0.05) is 11.8 Å². The molecule has 112 valence electrons. The van der Waals surface area contributed by atoms with Crippen molar-refractivity contribution in [2.24, 2.45) is 5.73 Å². The molecule has 0 aromatic heterocycles. The van der Waals surface area contributed by atoms with Crippen LogP contribution in [0.3, 0.4) is 0 Å². The minimum absolute atomic E-state index is 0.172. The van der Waals surface area contributed by atoms with Crippen molar-refractivity contribution in [2.75, 3.05) is 32.9 Å². The molecule has 3 N–H and O–H groups in total. The van der Waals surface area contributed by atoms with Crippen molar-refractivity contribution in [1.82, 2.24) is 5.32 Å². The van der Waals surface area contributed by atoms with Gasteiger partial charge in [0, 0.05) is 12.1 Å². The highest BCUT2D eigenvalue weighted by atomic mass is 19.1. The number of amides is 1. The largest absolute Gasteiger partial charge is 0.376 e. The third kappa shape index (κ3) is 4.53. The number of nitrogens with two attached hydrogens (primary N) is 1. The van der Waals surface area contributed by atoms with Crippen molar-refractivity contribution in [3.8, 4) is 11.8 Å². The smallest absolute Gasteiger partial charge is 0.252 e. The number of rotatable bonds is 3. The molecular formula is C15H17FN2O3. The highest BCUT2D eigenvalue weighted by Crippen LogP contribution is 2.11. The molecule has 1 aliphatic rings. The number of hydrogen-bond donors (Lipinski definition) is 2. The fourth-order valence-corrected chi connectivity index (χ4v) is 1.92. The summed E-state index contributed by atoms with van der Waals surface area (Å²) in [6, 6.07) is 3.89. The Bertz CT molecular complexity index is 560. The summed E-state index contributed by atoms with van der Waals surface area (Å²) in [6.45, 7) is 1.98. The first-order valence-corrected chi connectivity index (χ1v) is 6.66. The third-order valence-electron chi connectivity index (χ3n) is 2.93. The van der Waals surface area contributed by atoms with Crippen LogP contribution in [0.4, 0.5) is 4.39 Å². The maximum absolute atomic E-state index is 13.3. The molecule has 0 saturated carbocycles. The minimum atomic E-state index is -0.490. The summed E-state index contributed by atoms with van der Waals surface area (Å²) in [5.41, 5.74) is 5.94. The van der Waals surface area contributed by atoms with Crippen molar-refractivity contribution >= 4 is 5.91 Å². The van der Waals surface area contributed by atoms with Crippen LogP contribution in [0, 0.1) is 17.7 Å². The number of ether oxygens (including phenoxy) is 2. The summed E-state index contributed by atoms with van der Waals surface area (Å²) in [5, 5.41) is 2.70.